The van der Waals surface area contributed by atoms with E-state index in [1.54, 1.807) is 0 Å². The Morgan fingerprint density at radius 1 is 0.886 bits per heavy atom. The van der Waals surface area contributed by atoms with Gasteiger partial charge in [0.2, 0.25) is 0 Å². The van der Waals surface area contributed by atoms with Crippen LogP contribution in [0.3, 0.4) is 0 Å². The van der Waals surface area contributed by atoms with Gasteiger partial charge in [-0.2, -0.15) is 0 Å². The Labute approximate surface area is 257 Å². The van der Waals surface area contributed by atoms with Crippen molar-refractivity contribution in [2.75, 3.05) is 32.8 Å². The van der Waals surface area contributed by atoms with Gasteiger partial charge in [-0.1, -0.05) is 66.7 Å². The third kappa shape index (κ3) is 5.70. The number of aryl methyl sites for hydroxylation is 2. The summed E-state index contributed by atoms with van der Waals surface area (Å²) in [5.41, 5.74) is 6.23. The van der Waals surface area contributed by atoms with Crippen LogP contribution in [0.2, 0.25) is 0 Å². The molecule has 5 aromatic rings. The Hall–Kier alpha value is -4.18. The molecule has 226 valence electrons. The minimum atomic E-state index is -0.394. The van der Waals surface area contributed by atoms with E-state index in [-0.39, 0.29) is 17.7 Å². The standard InChI is InChI=1S/C35H39N7O2/c1-24-20-25(2)29-22-30(35(43)36-31(29)21-24)33(34-37-38-39-42(34)23-28-14-9-19-44-28)41-17-15-40(16-18-41)32(26-10-5-3-6-11-26)27-12-7-4-8-13-27/h3-8,10-13,20-22,28,32-33H,9,14-19,23H2,1-2H3,(H,36,43)/t28-,33+/m0/s1. The number of aromatic nitrogens is 5. The van der Waals surface area contributed by atoms with Gasteiger partial charge in [-0.3, -0.25) is 14.6 Å². The number of ether oxygens (including phenoxy) is 1. The van der Waals surface area contributed by atoms with Crippen LogP contribution in [-0.2, 0) is 11.3 Å². The van der Waals surface area contributed by atoms with Crippen molar-refractivity contribution in [2.45, 2.75) is 51.4 Å². The molecule has 2 aliphatic rings. The van der Waals surface area contributed by atoms with Gasteiger partial charge in [-0.15, -0.1) is 5.10 Å². The van der Waals surface area contributed by atoms with Crippen molar-refractivity contribution in [3.63, 3.8) is 0 Å². The molecule has 9 nitrogen and oxygen atoms in total. The summed E-state index contributed by atoms with van der Waals surface area (Å²) in [7, 11) is 0. The van der Waals surface area contributed by atoms with E-state index < -0.39 is 6.04 Å². The van der Waals surface area contributed by atoms with E-state index in [9.17, 15) is 4.79 Å². The number of tetrazole rings is 1. The predicted octanol–water partition coefficient (Wildman–Crippen LogP) is 4.81. The lowest BCUT2D eigenvalue weighted by atomic mass is 9.95. The normalized spacial score (nSPS) is 18.8. The average Bonchev–Trinajstić information content (AvgIpc) is 3.73. The van der Waals surface area contributed by atoms with Gasteiger partial charge in [0, 0.05) is 49.3 Å². The van der Waals surface area contributed by atoms with E-state index in [0.29, 0.717) is 17.9 Å². The second kappa shape index (κ2) is 12.4. The molecular weight excluding hydrogens is 550 g/mol. The molecule has 1 N–H and O–H groups in total. The molecule has 7 rings (SSSR count). The van der Waals surface area contributed by atoms with Gasteiger partial charge < -0.3 is 9.72 Å². The van der Waals surface area contributed by atoms with Crippen LogP contribution in [0.1, 0.15) is 58.6 Å². The highest BCUT2D eigenvalue weighted by Crippen LogP contribution is 2.33. The van der Waals surface area contributed by atoms with Gasteiger partial charge in [-0.25, -0.2) is 4.68 Å². The topological polar surface area (TPSA) is 92.2 Å². The van der Waals surface area contributed by atoms with Crippen molar-refractivity contribution >= 4 is 10.9 Å². The van der Waals surface area contributed by atoms with Crippen molar-refractivity contribution < 1.29 is 4.74 Å². The number of H-pyrrole nitrogens is 1. The van der Waals surface area contributed by atoms with Gasteiger partial charge in [0.25, 0.3) is 5.56 Å². The molecule has 0 spiro atoms. The van der Waals surface area contributed by atoms with E-state index in [1.165, 1.54) is 11.1 Å². The average molecular weight is 590 g/mol. The van der Waals surface area contributed by atoms with Gasteiger partial charge >= 0.3 is 0 Å². The fourth-order valence-electron chi connectivity index (χ4n) is 7.05. The Balaban J connectivity index is 1.25. The zero-order valence-electron chi connectivity index (χ0n) is 25.4. The number of benzene rings is 3. The molecule has 0 unspecified atom stereocenters. The number of nitrogens with one attached hydrogen (secondary N) is 1. The number of hydrogen-bond acceptors (Lipinski definition) is 7. The first-order valence-corrected chi connectivity index (χ1v) is 15.6. The molecule has 2 aromatic heterocycles. The Morgan fingerprint density at radius 2 is 1.55 bits per heavy atom. The maximum atomic E-state index is 13.8. The van der Waals surface area contributed by atoms with Gasteiger partial charge in [0.1, 0.15) is 6.04 Å². The zero-order chi connectivity index (χ0) is 30.0. The summed E-state index contributed by atoms with van der Waals surface area (Å²) >= 11 is 0. The summed E-state index contributed by atoms with van der Waals surface area (Å²) in [6.45, 7) is 8.69. The van der Waals surface area contributed by atoms with Crippen molar-refractivity contribution in [3.8, 4) is 0 Å². The number of piperazine rings is 1. The van der Waals surface area contributed by atoms with Crippen LogP contribution in [0.15, 0.2) is 83.7 Å². The maximum Gasteiger partial charge on any atom is 0.253 e. The van der Waals surface area contributed by atoms with E-state index >= 15 is 0 Å². The third-order valence-corrected chi connectivity index (χ3v) is 9.15. The Morgan fingerprint density at radius 3 is 2.18 bits per heavy atom. The second-order valence-electron chi connectivity index (χ2n) is 12.1. The van der Waals surface area contributed by atoms with E-state index in [4.69, 9.17) is 4.74 Å². The molecule has 44 heavy (non-hydrogen) atoms. The van der Waals surface area contributed by atoms with Crippen LogP contribution in [0.4, 0.5) is 0 Å². The molecule has 2 aliphatic heterocycles. The van der Waals surface area contributed by atoms with Gasteiger partial charge in [0.15, 0.2) is 5.82 Å². The molecule has 0 radical (unpaired) electrons. The number of aromatic amines is 1. The van der Waals surface area contributed by atoms with Crippen LogP contribution in [0.5, 0.6) is 0 Å². The lowest BCUT2D eigenvalue weighted by molar-refractivity contribution is 0.0778. The summed E-state index contributed by atoms with van der Waals surface area (Å²) in [5, 5.41) is 14.1. The Kier molecular flexibility index (Phi) is 8.08. The summed E-state index contributed by atoms with van der Waals surface area (Å²) < 4.78 is 7.80. The zero-order valence-corrected chi connectivity index (χ0v) is 25.4. The molecule has 3 aromatic carbocycles. The first kappa shape index (κ1) is 28.6. The fourth-order valence-corrected chi connectivity index (χ4v) is 7.05. The highest BCUT2D eigenvalue weighted by atomic mass is 16.5. The summed E-state index contributed by atoms with van der Waals surface area (Å²) in [6, 6.07) is 27.4. The SMILES string of the molecule is Cc1cc(C)c2cc([C@H](c3nnnn3C[C@@H]3CCCO3)N3CCN(C(c4ccccc4)c4ccccc4)CC3)c(=O)[nH]c2c1. The number of nitrogens with zero attached hydrogens (tertiary/aromatic N) is 6. The molecule has 4 heterocycles. The number of hydrogen-bond donors (Lipinski definition) is 1. The molecule has 0 bridgehead atoms. The minimum Gasteiger partial charge on any atom is -0.376 e. The first-order valence-electron chi connectivity index (χ1n) is 15.6. The number of pyridine rings is 1. The van der Waals surface area contributed by atoms with E-state index in [2.05, 4.69) is 117 Å². The highest BCUT2D eigenvalue weighted by Gasteiger charge is 2.35. The monoisotopic (exact) mass is 589 g/mol. The van der Waals surface area contributed by atoms with Crippen LogP contribution >= 0.6 is 0 Å². The Bertz CT molecular complexity index is 1730. The van der Waals surface area contributed by atoms with Crippen molar-refractivity contribution in [1.29, 1.82) is 0 Å². The minimum absolute atomic E-state index is 0.0763. The number of fused-ring (bicyclic) bond motifs is 1. The van der Waals surface area contributed by atoms with Gasteiger partial charge in [0.05, 0.1) is 18.7 Å². The van der Waals surface area contributed by atoms with Gasteiger partial charge in [-0.05, 0) is 71.5 Å². The number of rotatable bonds is 8. The molecule has 9 heteroatoms. The van der Waals surface area contributed by atoms with Crippen LogP contribution in [-0.4, -0.2) is 73.9 Å². The first-order chi connectivity index (χ1) is 21.5. The molecule has 2 saturated heterocycles. The van der Waals surface area contributed by atoms with E-state index in [0.717, 1.165) is 67.7 Å². The van der Waals surface area contributed by atoms with Crippen molar-refractivity contribution in [1.82, 2.24) is 35.0 Å². The summed E-state index contributed by atoms with van der Waals surface area (Å²) in [6.07, 6.45) is 2.10. The van der Waals surface area contributed by atoms with E-state index in [1.807, 2.05) is 10.7 Å². The highest BCUT2D eigenvalue weighted by molar-refractivity contribution is 5.83. The molecule has 0 saturated carbocycles. The molecular formula is C35H39N7O2. The molecule has 2 atom stereocenters. The molecule has 0 aliphatic carbocycles. The third-order valence-electron chi connectivity index (χ3n) is 9.15. The smallest absolute Gasteiger partial charge is 0.253 e. The second-order valence-corrected chi connectivity index (χ2v) is 12.1. The van der Waals surface area contributed by atoms with Crippen molar-refractivity contribution in [2.24, 2.45) is 0 Å². The lowest BCUT2D eigenvalue weighted by Gasteiger charge is -2.42. The van der Waals surface area contributed by atoms with Crippen LogP contribution in [0.25, 0.3) is 10.9 Å². The van der Waals surface area contributed by atoms with Crippen LogP contribution < -0.4 is 5.56 Å². The van der Waals surface area contributed by atoms with Crippen molar-refractivity contribution in [3.05, 3.63) is 123 Å². The predicted molar refractivity (Wildman–Crippen MR) is 171 cm³/mol. The summed E-state index contributed by atoms with van der Waals surface area (Å²) in [4.78, 5) is 22.0. The van der Waals surface area contributed by atoms with Crippen LogP contribution in [0, 0.1) is 13.8 Å². The largest absolute Gasteiger partial charge is 0.376 e. The molecule has 0 amide bonds. The fraction of sp³-hybridized carbons (Fsp3) is 0.371. The summed E-state index contributed by atoms with van der Waals surface area (Å²) in [5.74, 6) is 0.686. The quantitative estimate of drug-likeness (QED) is 0.278. The lowest BCUT2D eigenvalue weighted by Crippen LogP contribution is -2.50. The maximum absolute atomic E-state index is 13.8. The molecule has 2 fully saturated rings.